The van der Waals surface area contributed by atoms with Crippen LogP contribution in [-0.4, -0.2) is 15.8 Å². The van der Waals surface area contributed by atoms with Gasteiger partial charge in [-0.05, 0) is 6.08 Å². The Morgan fingerprint density at radius 3 is 2.89 bits per heavy atom. The molecule has 1 unspecified atom stereocenters. The van der Waals surface area contributed by atoms with Crippen LogP contribution in [0.5, 0.6) is 0 Å². The van der Waals surface area contributed by atoms with Gasteiger partial charge < -0.3 is 0 Å². The van der Waals surface area contributed by atoms with Crippen molar-refractivity contribution in [1.82, 2.24) is 3.93 Å². The summed E-state index contributed by atoms with van der Waals surface area (Å²) in [5.41, 5.74) is -0.428. The average molecular weight is 230 g/mol. The Balaban J connectivity index is 2.73. The molecule has 50 valence electrons. The lowest BCUT2D eigenvalue weighted by atomic mass is 10.6. The summed E-state index contributed by atoms with van der Waals surface area (Å²) < 4.78 is 1.48. The Bertz CT molecular complexity index is 168. The lowest BCUT2D eigenvalue weighted by molar-refractivity contribution is 0.586. The normalized spacial score (nSPS) is 26.3. The first-order chi connectivity index (χ1) is 4.22. The van der Waals surface area contributed by atoms with E-state index in [-0.39, 0.29) is 0 Å². The standard InChI is InChI=1S/C4H3BrCl2N2/c5-9-3(6)1-2-8-4(9)7/h1-2,4H. The molecular formula is C4H3BrCl2N2. The molecule has 1 aliphatic heterocycles. The Labute approximate surface area is 71.5 Å². The van der Waals surface area contributed by atoms with Gasteiger partial charge in [0.15, 0.2) is 0 Å². The van der Waals surface area contributed by atoms with Crippen molar-refractivity contribution < 1.29 is 0 Å². The number of alkyl halides is 1. The summed E-state index contributed by atoms with van der Waals surface area (Å²) in [6, 6.07) is 0. The molecule has 2 nitrogen and oxygen atoms in total. The predicted octanol–water partition coefficient (Wildman–Crippen LogP) is 2.29. The van der Waals surface area contributed by atoms with E-state index in [0.29, 0.717) is 5.16 Å². The van der Waals surface area contributed by atoms with Crippen LogP contribution in [0.2, 0.25) is 0 Å². The van der Waals surface area contributed by atoms with E-state index in [1.807, 2.05) is 0 Å². The van der Waals surface area contributed by atoms with Gasteiger partial charge in [0.05, 0.1) is 16.1 Å². The minimum Gasteiger partial charge on any atom is -0.261 e. The third kappa shape index (κ3) is 1.60. The number of hydrogen-bond donors (Lipinski definition) is 0. The number of aliphatic imine (C=N–C) groups is 1. The van der Waals surface area contributed by atoms with Crippen LogP contribution < -0.4 is 0 Å². The summed E-state index contributed by atoms with van der Waals surface area (Å²) in [6.07, 6.45) is 3.22. The number of nitrogens with zero attached hydrogens (tertiary/aromatic N) is 2. The molecule has 1 heterocycles. The summed E-state index contributed by atoms with van der Waals surface area (Å²) in [5.74, 6) is 0. The van der Waals surface area contributed by atoms with Crippen LogP contribution in [0, 0.1) is 0 Å². The Kier molecular flexibility index (Phi) is 2.38. The predicted molar refractivity (Wildman–Crippen MR) is 42.8 cm³/mol. The van der Waals surface area contributed by atoms with E-state index in [9.17, 15) is 0 Å². The highest BCUT2D eigenvalue weighted by atomic mass is 79.9. The van der Waals surface area contributed by atoms with E-state index < -0.39 is 5.62 Å². The molecule has 0 fully saturated rings. The summed E-state index contributed by atoms with van der Waals surface area (Å²) in [5, 5.41) is 0.532. The molecular weight excluding hydrogens is 227 g/mol. The van der Waals surface area contributed by atoms with Gasteiger partial charge >= 0.3 is 0 Å². The van der Waals surface area contributed by atoms with E-state index in [1.54, 1.807) is 12.3 Å². The lowest BCUT2D eigenvalue weighted by Gasteiger charge is -2.19. The topological polar surface area (TPSA) is 15.6 Å². The fourth-order valence-electron chi connectivity index (χ4n) is 0.407. The molecule has 0 radical (unpaired) electrons. The molecule has 5 heteroatoms. The Hall–Kier alpha value is 0.270. The fourth-order valence-corrected chi connectivity index (χ4v) is 1.000. The third-order valence-electron chi connectivity index (χ3n) is 0.812. The molecule has 0 aromatic rings. The van der Waals surface area contributed by atoms with Crippen molar-refractivity contribution >= 4 is 45.6 Å². The quantitative estimate of drug-likeness (QED) is 0.354. The van der Waals surface area contributed by atoms with Crippen LogP contribution in [0.15, 0.2) is 16.2 Å². The summed E-state index contributed by atoms with van der Waals surface area (Å²) >= 11 is 14.4. The van der Waals surface area contributed by atoms with Gasteiger partial charge in [0.2, 0.25) is 5.62 Å². The van der Waals surface area contributed by atoms with Crippen molar-refractivity contribution in [2.45, 2.75) is 5.62 Å². The van der Waals surface area contributed by atoms with Crippen molar-refractivity contribution in [2.24, 2.45) is 4.99 Å². The van der Waals surface area contributed by atoms with Crippen molar-refractivity contribution in [3.05, 3.63) is 11.2 Å². The molecule has 0 aliphatic carbocycles. The molecule has 1 atom stereocenters. The summed E-state index contributed by atoms with van der Waals surface area (Å²) in [6.45, 7) is 0. The zero-order valence-corrected chi connectivity index (χ0v) is 7.36. The second kappa shape index (κ2) is 2.90. The first-order valence-corrected chi connectivity index (χ1v) is 3.72. The molecule has 0 saturated carbocycles. The molecule has 0 spiro atoms. The molecule has 0 aromatic heterocycles. The monoisotopic (exact) mass is 228 g/mol. The van der Waals surface area contributed by atoms with Crippen LogP contribution >= 0.6 is 39.3 Å². The van der Waals surface area contributed by atoms with Crippen molar-refractivity contribution in [2.75, 3.05) is 0 Å². The van der Waals surface area contributed by atoms with Crippen molar-refractivity contribution in [3.63, 3.8) is 0 Å². The van der Waals surface area contributed by atoms with Crippen molar-refractivity contribution in [3.8, 4) is 0 Å². The van der Waals surface area contributed by atoms with Gasteiger partial charge in [-0.15, -0.1) is 0 Å². The van der Waals surface area contributed by atoms with E-state index in [1.165, 1.54) is 3.93 Å². The molecule has 0 aromatic carbocycles. The van der Waals surface area contributed by atoms with Crippen LogP contribution in [0.25, 0.3) is 0 Å². The van der Waals surface area contributed by atoms with Crippen LogP contribution in [0.3, 0.4) is 0 Å². The minimum atomic E-state index is -0.428. The second-order valence-electron chi connectivity index (χ2n) is 1.41. The van der Waals surface area contributed by atoms with Crippen molar-refractivity contribution in [1.29, 1.82) is 0 Å². The maximum atomic E-state index is 5.63. The molecule has 0 N–H and O–H groups in total. The molecule has 0 bridgehead atoms. The zero-order valence-electron chi connectivity index (χ0n) is 4.26. The largest absolute Gasteiger partial charge is 0.261 e. The van der Waals surface area contributed by atoms with E-state index >= 15 is 0 Å². The first kappa shape index (κ1) is 7.38. The van der Waals surface area contributed by atoms with Gasteiger partial charge in [0.1, 0.15) is 5.16 Å². The minimum absolute atomic E-state index is 0.428. The van der Waals surface area contributed by atoms with Gasteiger partial charge in [0, 0.05) is 6.21 Å². The maximum Gasteiger partial charge on any atom is 0.207 e. The Morgan fingerprint density at radius 1 is 1.78 bits per heavy atom. The summed E-state index contributed by atoms with van der Waals surface area (Å²) in [7, 11) is 0. The molecule has 0 amide bonds. The number of halogens is 3. The van der Waals surface area contributed by atoms with Gasteiger partial charge in [-0.1, -0.05) is 23.2 Å². The van der Waals surface area contributed by atoms with Gasteiger partial charge in [-0.2, -0.15) is 0 Å². The number of hydrogen-bond acceptors (Lipinski definition) is 2. The highest BCUT2D eigenvalue weighted by molar-refractivity contribution is 9.07. The average Bonchev–Trinajstić information content (AvgIpc) is 1.83. The van der Waals surface area contributed by atoms with Gasteiger partial charge in [-0.25, -0.2) is 0 Å². The fraction of sp³-hybridized carbons (Fsp3) is 0.250. The van der Waals surface area contributed by atoms with Crippen LogP contribution in [0.4, 0.5) is 0 Å². The highest BCUT2D eigenvalue weighted by Gasteiger charge is 2.14. The smallest absolute Gasteiger partial charge is 0.207 e. The van der Waals surface area contributed by atoms with E-state index in [4.69, 9.17) is 23.2 Å². The van der Waals surface area contributed by atoms with E-state index in [0.717, 1.165) is 0 Å². The number of allylic oxidation sites excluding steroid dienone is 1. The molecule has 9 heavy (non-hydrogen) atoms. The molecule has 1 aliphatic rings. The second-order valence-corrected chi connectivity index (χ2v) is 2.95. The summed E-state index contributed by atoms with van der Waals surface area (Å²) in [4.78, 5) is 3.82. The maximum absolute atomic E-state index is 5.63. The third-order valence-corrected chi connectivity index (χ3v) is 2.64. The Morgan fingerprint density at radius 2 is 2.44 bits per heavy atom. The first-order valence-electron chi connectivity index (χ1n) is 2.20. The SMILES string of the molecule is ClC1=CC=NC(Cl)N1Br. The van der Waals surface area contributed by atoms with Crippen LogP contribution in [-0.2, 0) is 0 Å². The molecule has 0 saturated heterocycles. The van der Waals surface area contributed by atoms with Crippen LogP contribution in [0.1, 0.15) is 0 Å². The van der Waals surface area contributed by atoms with E-state index in [2.05, 4.69) is 21.1 Å². The lowest BCUT2D eigenvalue weighted by Crippen LogP contribution is -2.19. The van der Waals surface area contributed by atoms with Gasteiger partial charge in [0.25, 0.3) is 0 Å². The number of rotatable bonds is 0. The van der Waals surface area contributed by atoms with Gasteiger partial charge in [-0.3, -0.25) is 8.92 Å². The zero-order chi connectivity index (χ0) is 6.85. The molecule has 1 rings (SSSR count). The highest BCUT2D eigenvalue weighted by Crippen LogP contribution is 2.23.